The number of hydrogen-bond donors (Lipinski definition) is 1. The van der Waals surface area contributed by atoms with E-state index in [1.165, 1.54) is 0 Å². The summed E-state index contributed by atoms with van der Waals surface area (Å²) >= 11 is 0. The van der Waals surface area contributed by atoms with Gasteiger partial charge in [-0.3, -0.25) is 25.0 Å². The summed E-state index contributed by atoms with van der Waals surface area (Å²) in [6.45, 7) is 2.32. The van der Waals surface area contributed by atoms with Crippen LogP contribution in [-0.4, -0.2) is 32.6 Å². The number of rotatable bonds is 7. The molecule has 0 unspecified atom stereocenters. The molecule has 1 amide bonds. The van der Waals surface area contributed by atoms with Crippen LogP contribution in [0.4, 0.5) is 17.1 Å². The third kappa shape index (κ3) is 4.70. The molecule has 0 bridgehead atoms. The van der Waals surface area contributed by atoms with Gasteiger partial charge >= 0.3 is 0 Å². The molecule has 152 valence electrons. The summed E-state index contributed by atoms with van der Waals surface area (Å²) in [7, 11) is 0. The molecule has 3 rings (SSSR count). The van der Waals surface area contributed by atoms with Gasteiger partial charge in [-0.25, -0.2) is 0 Å². The molecule has 30 heavy (non-hydrogen) atoms. The van der Waals surface area contributed by atoms with Gasteiger partial charge in [0.25, 0.3) is 17.3 Å². The highest BCUT2D eigenvalue weighted by Gasteiger charge is 2.20. The number of amides is 1. The number of carbonyl (C=O) groups excluding carboxylic acids is 1. The average Bonchev–Trinajstić information content (AvgIpc) is 2.74. The second kappa shape index (κ2) is 8.73. The van der Waals surface area contributed by atoms with Crippen LogP contribution < -0.4 is 10.1 Å². The summed E-state index contributed by atoms with van der Waals surface area (Å²) < 4.78 is 5.24. The first kappa shape index (κ1) is 20.3. The van der Waals surface area contributed by atoms with E-state index in [1.807, 2.05) is 6.92 Å². The summed E-state index contributed by atoms with van der Waals surface area (Å²) in [5.41, 5.74) is 0.465. The Morgan fingerprint density at radius 2 is 1.60 bits per heavy atom. The van der Waals surface area contributed by atoms with Gasteiger partial charge < -0.3 is 10.1 Å². The van der Waals surface area contributed by atoms with Crippen LogP contribution in [0, 0.1) is 20.2 Å². The van der Waals surface area contributed by atoms with E-state index in [0.29, 0.717) is 23.9 Å². The predicted octanol–water partition coefficient (Wildman–Crippen LogP) is 3.61. The maximum Gasteiger partial charge on any atom is 0.277 e. The summed E-state index contributed by atoms with van der Waals surface area (Å²) in [6.07, 6.45) is 0. The van der Waals surface area contributed by atoms with Crippen molar-refractivity contribution in [3.63, 3.8) is 0 Å². The van der Waals surface area contributed by atoms with Crippen LogP contribution in [0.2, 0.25) is 0 Å². The van der Waals surface area contributed by atoms with Crippen LogP contribution in [0.1, 0.15) is 17.3 Å². The molecule has 0 aliphatic rings. The standard InChI is InChI=1S/C19H15N5O6/c1-2-30-18-8-7-17(21-22-18)12-3-5-14(6-4-12)20-19(25)13-9-15(23(26)27)11-16(10-13)24(28)29/h3-11H,2H2,1H3,(H,20,25). The van der Waals surface area contributed by atoms with Crippen LogP contribution in [0.25, 0.3) is 11.3 Å². The predicted molar refractivity (Wildman–Crippen MR) is 106 cm³/mol. The molecule has 0 spiro atoms. The molecule has 11 heteroatoms. The fourth-order valence-electron chi connectivity index (χ4n) is 2.56. The SMILES string of the molecule is CCOc1ccc(-c2ccc(NC(=O)c3cc([N+](=O)[O-])cc([N+](=O)[O-])c3)cc2)nn1. The van der Waals surface area contributed by atoms with Crippen LogP contribution in [0.3, 0.4) is 0 Å². The Bertz CT molecular complexity index is 1070. The van der Waals surface area contributed by atoms with Gasteiger partial charge in [-0.1, -0.05) is 12.1 Å². The maximum atomic E-state index is 12.4. The molecule has 1 heterocycles. The molecule has 11 nitrogen and oxygen atoms in total. The Kier molecular flexibility index (Phi) is 5.92. The van der Waals surface area contributed by atoms with Crippen LogP contribution in [-0.2, 0) is 0 Å². The highest BCUT2D eigenvalue weighted by Crippen LogP contribution is 2.24. The van der Waals surface area contributed by atoms with Crippen molar-refractivity contribution in [2.45, 2.75) is 6.92 Å². The van der Waals surface area contributed by atoms with Crippen molar-refractivity contribution in [1.29, 1.82) is 0 Å². The molecule has 0 aliphatic carbocycles. The molecule has 1 N–H and O–H groups in total. The molecule has 2 aromatic carbocycles. The number of hydrogen-bond acceptors (Lipinski definition) is 8. The molecular weight excluding hydrogens is 394 g/mol. The number of nitro benzene ring substituents is 2. The third-order valence-corrected chi connectivity index (χ3v) is 3.96. The van der Waals surface area contributed by atoms with Crippen LogP contribution >= 0.6 is 0 Å². The van der Waals surface area contributed by atoms with E-state index in [0.717, 1.165) is 23.8 Å². The summed E-state index contributed by atoms with van der Waals surface area (Å²) in [4.78, 5) is 32.8. The number of ether oxygens (including phenoxy) is 1. The summed E-state index contributed by atoms with van der Waals surface area (Å²) in [5.74, 6) is -0.299. The van der Waals surface area contributed by atoms with Crippen LogP contribution in [0.15, 0.2) is 54.6 Å². The first-order chi connectivity index (χ1) is 14.4. The number of benzene rings is 2. The molecule has 1 aromatic heterocycles. The van der Waals surface area contributed by atoms with Gasteiger partial charge in [0.2, 0.25) is 5.88 Å². The van der Waals surface area contributed by atoms with E-state index in [1.54, 1.807) is 36.4 Å². The van der Waals surface area contributed by atoms with E-state index in [2.05, 4.69) is 15.5 Å². The molecule has 0 atom stereocenters. The quantitative estimate of drug-likeness (QED) is 0.459. The molecule has 0 saturated carbocycles. The monoisotopic (exact) mass is 409 g/mol. The van der Waals surface area contributed by atoms with E-state index in [-0.39, 0.29) is 5.56 Å². The molecular formula is C19H15N5O6. The van der Waals surface area contributed by atoms with Crippen molar-refractivity contribution in [3.05, 3.63) is 80.4 Å². The number of carbonyl (C=O) groups is 1. The summed E-state index contributed by atoms with van der Waals surface area (Å²) in [6, 6.07) is 12.8. The lowest BCUT2D eigenvalue weighted by Crippen LogP contribution is -2.12. The number of nitrogens with zero attached hydrogens (tertiary/aromatic N) is 4. The second-order valence-corrected chi connectivity index (χ2v) is 5.97. The van der Waals surface area contributed by atoms with Gasteiger partial charge in [0.15, 0.2) is 0 Å². The highest BCUT2D eigenvalue weighted by molar-refractivity contribution is 6.05. The van der Waals surface area contributed by atoms with Crippen LogP contribution in [0.5, 0.6) is 5.88 Å². The second-order valence-electron chi connectivity index (χ2n) is 5.97. The van der Waals surface area contributed by atoms with Gasteiger partial charge in [0, 0.05) is 29.4 Å². The minimum absolute atomic E-state index is 0.197. The van der Waals surface area contributed by atoms with Gasteiger partial charge in [0.1, 0.15) is 0 Å². The number of aromatic nitrogens is 2. The third-order valence-electron chi connectivity index (χ3n) is 3.96. The van der Waals surface area contributed by atoms with Crippen molar-refractivity contribution in [2.24, 2.45) is 0 Å². The number of non-ortho nitro benzene ring substituents is 2. The minimum Gasteiger partial charge on any atom is -0.477 e. The largest absolute Gasteiger partial charge is 0.477 e. The lowest BCUT2D eigenvalue weighted by atomic mass is 10.1. The van der Waals surface area contributed by atoms with E-state index in [9.17, 15) is 25.0 Å². The average molecular weight is 409 g/mol. The van der Waals surface area contributed by atoms with Crippen molar-refractivity contribution in [2.75, 3.05) is 11.9 Å². The van der Waals surface area contributed by atoms with Gasteiger partial charge in [-0.2, -0.15) is 0 Å². The van der Waals surface area contributed by atoms with Gasteiger partial charge in [0.05, 0.1) is 33.8 Å². The Balaban J connectivity index is 1.77. The topological polar surface area (TPSA) is 150 Å². The number of nitro groups is 2. The minimum atomic E-state index is -0.795. The first-order valence-electron chi connectivity index (χ1n) is 8.69. The lowest BCUT2D eigenvalue weighted by Gasteiger charge is -2.07. The van der Waals surface area contributed by atoms with Crippen molar-refractivity contribution in [1.82, 2.24) is 10.2 Å². The van der Waals surface area contributed by atoms with E-state index < -0.39 is 27.1 Å². The Hall–Kier alpha value is -4.41. The number of nitrogens with one attached hydrogen (secondary N) is 1. The van der Waals surface area contributed by atoms with Crippen molar-refractivity contribution < 1.29 is 19.4 Å². The van der Waals surface area contributed by atoms with Gasteiger partial charge in [-0.05, 0) is 25.1 Å². The fraction of sp³-hybridized carbons (Fsp3) is 0.105. The Morgan fingerprint density at radius 3 is 2.10 bits per heavy atom. The lowest BCUT2D eigenvalue weighted by molar-refractivity contribution is -0.394. The zero-order valence-corrected chi connectivity index (χ0v) is 15.6. The highest BCUT2D eigenvalue weighted by atomic mass is 16.6. The smallest absolute Gasteiger partial charge is 0.277 e. The zero-order valence-electron chi connectivity index (χ0n) is 15.6. The molecule has 0 saturated heterocycles. The fourth-order valence-corrected chi connectivity index (χ4v) is 2.56. The first-order valence-corrected chi connectivity index (χ1v) is 8.69. The molecule has 0 fully saturated rings. The Morgan fingerprint density at radius 1 is 0.967 bits per heavy atom. The maximum absolute atomic E-state index is 12.4. The van der Waals surface area contributed by atoms with E-state index in [4.69, 9.17) is 4.74 Å². The Labute approximate surface area is 169 Å². The summed E-state index contributed by atoms with van der Waals surface area (Å²) in [5, 5.41) is 32.5. The van der Waals surface area contributed by atoms with E-state index >= 15 is 0 Å². The molecule has 0 aliphatic heterocycles. The van der Waals surface area contributed by atoms with Crippen molar-refractivity contribution >= 4 is 23.0 Å². The van der Waals surface area contributed by atoms with Crippen molar-refractivity contribution in [3.8, 4) is 17.1 Å². The normalized spacial score (nSPS) is 10.3. The zero-order chi connectivity index (χ0) is 21.7. The molecule has 0 radical (unpaired) electrons. The number of anilines is 1. The van der Waals surface area contributed by atoms with Gasteiger partial charge in [-0.15, -0.1) is 10.2 Å². The molecule has 3 aromatic rings.